The first-order valence-corrected chi connectivity index (χ1v) is 8.29. The van der Waals surface area contributed by atoms with E-state index in [2.05, 4.69) is 4.72 Å². The average Bonchev–Trinajstić information content (AvgIpc) is 2.38. The zero-order valence-corrected chi connectivity index (χ0v) is 13.4. The van der Waals surface area contributed by atoms with Gasteiger partial charge in [0.25, 0.3) is 0 Å². The summed E-state index contributed by atoms with van der Waals surface area (Å²) in [7, 11) is -3.70. The van der Waals surface area contributed by atoms with E-state index in [1.165, 1.54) is 18.2 Å². The smallest absolute Gasteiger partial charge is 0.243 e. The Kier molecular flexibility index (Phi) is 4.56. The van der Waals surface area contributed by atoms with E-state index >= 15 is 0 Å². The maximum absolute atomic E-state index is 12.4. The zero-order chi connectivity index (χ0) is 15.6. The van der Waals surface area contributed by atoms with Crippen LogP contribution in [0.5, 0.6) is 0 Å². The second-order valence-electron chi connectivity index (χ2n) is 4.94. The van der Waals surface area contributed by atoms with Crippen LogP contribution in [0.4, 0.5) is 5.69 Å². The molecule has 3 N–H and O–H groups in total. The van der Waals surface area contributed by atoms with Crippen molar-refractivity contribution in [2.24, 2.45) is 0 Å². The summed E-state index contributed by atoms with van der Waals surface area (Å²) in [6.07, 6.45) is 0. The summed E-state index contributed by atoms with van der Waals surface area (Å²) >= 11 is 5.79. The van der Waals surface area contributed by atoms with E-state index < -0.39 is 10.0 Å². The van der Waals surface area contributed by atoms with E-state index in [0.717, 1.165) is 11.1 Å². The van der Waals surface area contributed by atoms with Gasteiger partial charge in [0.05, 0.1) is 5.69 Å². The Morgan fingerprint density at radius 2 is 1.76 bits per heavy atom. The van der Waals surface area contributed by atoms with Crippen molar-refractivity contribution >= 4 is 27.3 Å². The van der Waals surface area contributed by atoms with Crippen LogP contribution >= 0.6 is 11.6 Å². The predicted octanol–water partition coefficient (Wildman–Crippen LogP) is 3.27. The van der Waals surface area contributed by atoms with Crippen LogP contribution in [0.2, 0.25) is 5.02 Å². The Morgan fingerprint density at radius 1 is 1.14 bits per heavy atom. The second-order valence-corrected chi connectivity index (χ2v) is 7.05. The summed E-state index contributed by atoms with van der Waals surface area (Å²) in [4.78, 5) is 0.0332. The van der Waals surface area contributed by atoms with Gasteiger partial charge in [0.2, 0.25) is 10.0 Å². The number of nitrogens with two attached hydrogens (primary N) is 1. The molecule has 6 heteroatoms. The van der Waals surface area contributed by atoms with Crippen LogP contribution in [0.25, 0.3) is 0 Å². The van der Waals surface area contributed by atoms with Crippen molar-refractivity contribution in [3.63, 3.8) is 0 Å². The molecule has 0 aliphatic carbocycles. The van der Waals surface area contributed by atoms with Crippen LogP contribution in [0.3, 0.4) is 0 Å². The van der Waals surface area contributed by atoms with Gasteiger partial charge in [-0.2, -0.15) is 0 Å². The van der Waals surface area contributed by atoms with Crippen LogP contribution in [0.15, 0.2) is 47.4 Å². The Bertz CT molecular complexity index is 743. The van der Waals surface area contributed by atoms with Gasteiger partial charge in [0.1, 0.15) is 4.90 Å². The molecule has 1 atom stereocenters. The quantitative estimate of drug-likeness (QED) is 0.848. The molecule has 1 unspecified atom stereocenters. The summed E-state index contributed by atoms with van der Waals surface area (Å²) in [5.74, 6) is 0. The molecule has 21 heavy (non-hydrogen) atoms. The minimum absolute atomic E-state index is 0.0332. The largest absolute Gasteiger partial charge is 0.398 e. The number of hydrogen-bond donors (Lipinski definition) is 2. The van der Waals surface area contributed by atoms with Gasteiger partial charge < -0.3 is 5.73 Å². The summed E-state index contributed by atoms with van der Waals surface area (Å²) in [6, 6.07) is 11.7. The van der Waals surface area contributed by atoms with E-state index in [1.807, 2.05) is 31.2 Å². The van der Waals surface area contributed by atoms with Gasteiger partial charge >= 0.3 is 0 Å². The van der Waals surface area contributed by atoms with Crippen molar-refractivity contribution in [2.75, 3.05) is 5.73 Å². The fourth-order valence-corrected chi connectivity index (χ4v) is 3.51. The van der Waals surface area contributed by atoms with E-state index in [1.54, 1.807) is 6.92 Å². The first-order chi connectivity index (χ1) is 9.79. The Hall–Kier alpha value is -1.56. The predicted molar refractivity (Wildman–Crippen MR) is 85.8 cm³/mol. The lowest BCUT2D eigenvalue weighted by atomic mass is 10.1. The van der Waals surface area contributed by atoms with Gasteiger partial charge in [-0.15, -0.1) is 0 Å². The standard InChI is InChI=1S/C15H17ClN2O2S/c1-10-3-5-12(6-4-10)11(2)18-21(19,20)15-8-7-13(16)9-14(15)17/h3-9,11,18H,17H2,1-2H3. The number of benzene rings is 2. The SMILES string of the molecule is Cc1ccc(C(C)NS(=O)(=O)c2ccc(Cl)cc2N)cc1. The highest BCUT2D eigenvalue weighted by atomic mass is 35.5. The first-order valence-electron chi connectivity index (χ1n) is 6.43. The highest BCUT2D eigenvalue weighted by Crippen LogP contribution is 2.24. The highest BCUT2D eigenvalue weighted by Gasteiger charge is 2.20. The monoisotopic (exact) mass is 324 g/mol. The maximum atomic E-state index is 12.4. The molecule has 0 aliphatic rings. The fraction of sp³-hybridized carbons (Fsp3) is 0.200. The van der Waals surface area contributed by atoms with Crippen LogP contribution in [-0.4, -0.2) is 8.42 Å². The third-order valence-electron chi connectivity index (χ3n) is 3.17. The molecule has 0 aromatic heterocycles. The minimum Gasteiger partial charge on any atom is -0.398 e. The van der Waals surface area contributed by atoms with Crippen LogP contribution < -0.4 is 10.5 Å². The number of sulfonamides is 1. The third kappa shape index (κ3) is 3.75. The normalized spacial score (nSPS) is 13.1. The molecular formula is C15H17ClN2O2S. The minimum atomic E-state index is -3.70. The Balaban J connectivity index is 2.26. The van der Waals surface area contributed by atoms with Gasteiger partial charge in [-0.1, -0.05) is 41.4 Å². The molecule has 4 nitrogen and oxygen atoms in total. The topological polar surface area (TPSA) is 72.2 Å². The van der Waals surface area contributed by atoms with Crippen molar-refractivity contribution in [3.8, 4) is 0 Å². The van der Waals surface area contributed by atoms with Crippen molar-refractivity contribution in [2.45, 2.75) is 24.8 Å². The van der Waals surface area contributed by atoms with Crippen LogP contribution in [0, 0.1) is 6.92 Å². The first kappa shape index (κ1) is 15.8. The van der Waals surface area contributed by atoms with Gasteiger partial charge in [-0.25, -0.2) is 13.1 Å². The van der Waals surface area contributed by atoms with Crippen molar-refractivity contribution in [1.82, 2.24) is 4.72 Å². The van der Waals surface area contributed by atoms with Gasteiger partial charge in [0, 0.05) is 11.1 Å². The van der Waals surface area contributed by atoms with Crippen LogP contribution in [0.1, 0.15) is 24.1 Å². The highest BCUT2D eigenvalue weighted by molar-refractivity contribution is 7.89. The fourth-order valence-electron chi connectivity index (χ4n) is 1.98. The van der Waals surface area contributed by atoms with Gasteiger partial charge in [-0.3, -0.25) is 0 Å². The molecule has 0 fully saturated rings. The second kappa shape index (κ2) is 6.05. The van der Waals surface area contributed by atoms with E-state index in [4.69, 9.17) is 17.3 Å². The molecule has 2 aromatic rings. The molecule has 0 bridgehead atoms. The zero-order valence-electron chi connectivity index (χ0n) is 11.8. The summed E-state index contributed by atoms with van der Waals surface area (Å²) < 4.78 is 27.4. The number of nitrogens with one attached hydrogen (secondary N) is 1. The molecule has 0 spiro atoms. The molecule has 0 saturated carbocycles. The molecule has 0 amide bonds. The van der Waals surface area contributed by atoms with E-state index in [0.29, 0.717) is 5.02 Å². The molecule has 2 aromatic carbocycles. The van der Waals surface area contributed by atoms with Crippen molar-refractivity contribution in [1.29, 1.82) is 0 Å². The number of nitrogen functional groups attached to an aromatic ring is 1. The lowest BCUT2D eigenvalue weighted by Gasteiger charge is -2.16. The number of halogens is 1. The molecular weight excluding hydrogens is 308 g/mol. The summed E-state index contributed by atoms with van der Waals surface area (Å²) in [5.41, 5.74) is 7.88. The lowest BCUT2D eigenvalue weighted by molar-refractivity contribution is 0.567. The maximum Gasteiger partial charge on any atom is 0.243 e. The summed E-state index contributed by atoms with van der Waals surface area (Å²) in [6.45, 7) is 3.77. The number of rotatable bonds is 4. The molecule has 2 rings (SSSR count). The van der Waals surface area contributed by atoms with Gasteiger partial charge in [-0.05, 0) is 37.6 Å². The summed E-state index contributed by atoms with van der Waals surface area (Å²) in [5, 5.41) is 0.401. The molecule has 0 radical (unpaired) electrons. The molecule has 0 saturated heterocycles. The molecule has 112 valence electrons. The molecule has 0 aliphatic heterocycles. The van der Waals surface area contributed by atoms with E-state index in [-0.39, 0.29) is 16.6 Å². The number of anilines is 1. The lowest BCUT2D eigenvalue weighted by Crippen LogP contribution is -2.27. The van der Waals surface area contributed by atoms with Crippen molar-refractivity contribution in [3.05, 3.63) is 58.6 Å². The third-order valence-corrected chi connectivity index (χ3v) is 5.02. The Morgan fingerprint density at radius 3 is 2.33 bits per heavy atom. The average molecular weight is 325 g/mol. The van der Waals surface area contributed by atoms with Crippen LogP contribution in [-0.2, 0) is 10.0 Å². The number of hydrogen-bond acceptors (Lipinski definition) is 3. The van der Waals surface area contributed by atoms with E-state index in [9.17, 15) is 8.42 Å². The Labute approximate surface area is 130 Å². The molecule has 0 heterocycles. The number of aryl methyl sites for hydroxylation is 1. The van der Waals surface area contributed by atoms with Crippen molar-refractivity contribution < 1.29 is 8.42 Å². The van der Waals surface area contributed by atoms with Gasteiger partial charge in [0.15, 0.2) is 0 Å².